The van der Waals surface area contributed by atoms with Crippen LogP contribution in [0.25, 0.3) is 0 Å². The van der Waals surface area contributed by atoms with Crippen molar-refractivity contribution in [1.82, 2.24) is 9.97 Å². The summed E-state index contributed by atoms with van der Waals surface area (Å²) in [5.74, 6) is 2.21. The summed E-state index contributed by atoms with van der Waals surface area (Å²) in [6, 6.07) is 1.88. The Hall–Kier alpha value is -0.810. The smallest absolute Gasteiger partial charge is 0.130 e. The lowest BCUT2D eigenvalue weighted by atomic mass is 10.1. The van der Waals surface area contributed by atoms with Crippen LogP contribution in [0, 0.1) is 13.8 Å². The fraction of sp³-hybridized carbons (Fsp3) is 0.636. The van der Waals surface area contributed by atoms with E-state index in [9.17, 15) is 5.11 Å². The lowest BCUT2D eigenvalue weighted by molar-refractivity contribution is 0.0996. The normalized spacial score (nSPS) is 14.6. The van der Waals surface area contributed by atoms with Crippen molar-refractivity contribution in [1.29, 1.82) is 0 Å². The van der Waals surface area contributed by atoms with Crippen LogP contribution in [0.1, 0.15) is 18.4 Å². The molecule has 1 atom stereocenters. The molecule has 0 saturated heterocycles. The summed E-state index contributed by atoms with van der Waals surface area (Å²) in [5.41, 5.74) is 0.214. The molecule has 5 heteroatoms. The Morgan fingerprint density at radius 3 is 2.69 bits per heavy atom. The van der Waals surface area contributed by atoms with Crippen molar-refractivity contribution in [3.63, 3.8) is 0 Å². The molecule has 0 fully saturated rings. The van der Waals surface area contributed by atoms with Crippen molar-refractivity contribution in [3.8, 4) is 0 Å². The highest BCUT2D eigenvalue weighted by molar-refractivity contribution is 7.98. The maximum atomic E-state index is 9.99. The standard InChI is InChI=1S/C11H19N3OS/c1-8-5-10(14-9(2)13-8)12-6-11(3,15)7-16-4/h5,15H,6-7H2,1-4H3,(H,12,13,14). The van der Waals surface area contributed by atoms with Crippen molar-refractivity contribution in [2.45, 2.75) is 26.4 Å². The number of hydrogen-bond acceptors (Lipinski definition) is 5. The van der Waals surface area contributed by atoms with Crippen LogP contribution in [0.2, 0.25) is 0 Å². The van der Waals surface area contributed by atoms with E-state index in [1.54, 1.807) is 11.8 Å². The van der Waals surface area contributed by atoms with Gasteiger partial charge in [0.15, 0.2) is 0 Å². The zero-order chi connectivity index (χ0) is 12.2. The molecular weight excluding hydrogens is 222 g/mol. The first kappa shape index (κ1) is 13.3. The van der Waals surface area contributed by atoms with E-state index in [2.05, 4.69) is 15.3 Å². The van der Waals surface area contributed by atoms with E-state index in [1.165, 1.54) is 0 Å². The highest BCUT2D eigenvalue weighted by Crippen LogP contribution is 2.12. The van der Waals surface area contributed by atoms with Gasteiger partial charge in [-0.2, -0.15) is 11.8 Å². The van der Waals surface area contributed by atoms with Crippen LogP contribution in [0.4, 0.5) is 5.82 Å². The van der Waals surface area contributed by atoms with Gasteiger partial charge in [0.2, 0.25) is 0 Å². The molecule has 2 N–H and O–H groups in total. The summed E-state index contributed by atoms with van der Waals surface area (Å²) in [7, 11) is 0. The molecule has 16 heavy (non-hydrogen) atoms. The van der Waals surface area contributed by atoms with Crippen molar-refractivity contribution >= 4 is 17.6 Å². The Balaban J connectivity index is 2.60. The fourth-order valence-electron chi connectivity index (χ4n) is 1.45. The topological polar surface area (TPSA) is 58.0 Å². The van der Waals surface area contributed by atoms with Crippen molar-refractivity contribution in [2.24, 2.45) is 0 Å². The number of nitrogens with zero attached hydrogens (tertiary/aromatic N) is 2. The van der Waals surface area contributed by atoms with Gasteiger partial charge < -0.3 is 10.4 Å². The van der Waals surface area contributed by atoms with Gasteiger partial charge in [0, 0.05) is 24.1 Å². The zero-order valence-corrected chi connectivity index (χ0v) is 11.1. The van der Waals surface area contributed by atoms with Gasteiger partial charge in [0.05, 0.1) is 5.60 Å². The van der Waals surface area contributed by atoms with E-state index >= 15 is 0 Å². The SMILES string of the molecule is CSCC(C)(O)CNc1cc(C)nc(C)n1. The highest BCUT2D eigenvalue weighted by Gasteiger charge is 2.19. The van der Waals surface area contributed by atoms with Crippen LogP contribution in [0.5, 0.6) is 0 Å². The molecule has 0 aliphatic carbocycles. The first-order valence-corrected chi connectivity index (χ1v) is 6.60. The minimum Gasteiger partial charge on any atom is -0.387 e. The minimum atomic E-state index is -0.716. The summed E-state index contributed by atoms with van der Waals surface area (Å²) in [4.78, 5) is 8.45. The van der Waals surface area contributed by atoms with Gasteiger partial charge in [0.25, 0.3) is 0 Å². The van der Waals surface area contributed by atoms with Gasteiger partial charge in [-0.1, -0.05) is 0 Å². The number of aryl methyl sites for hydroxylation is 2. The van der Waals surface area contributed by atoms with Crippen LogP contribution in [0.3, 0.4) is 0 Å². The zero-order valence-electron chi connectivity index (χ0n) is 10.2. The molecule has 0 saturated carbocycles. The molecule has 1 rings (SSSR count). The molecule has 4 nitrogen and oxygen atoms in total. The second kappa shape index (κ2) is 5.50. The van der Waals surface area contributed by atoms with Crippen LogP contribution >= 0.6 is 11.8 Å². The molecule has 0 bridgehead atoms. The average molecular weight is 241 g/mol. The number of aromatic nitrogens is 2. The largest absolute Gasteiger partial charge is 0.387 e. The van der Waals surface area contributed by atoms with E-state index in [4.69, 9.17) is 0 Å². The third-order valence-corrected chi connectivity index (χ3v) is 2.98. The maximum Gasteiger partial charge on any atom is 0.130 e. The molecule has 0 spiro atoms. The summed E-state index contributed by atoms with van der Waals surface area (Å²) in [6.45, 7) is 6.10. The van der Waals surface area contributed by atoms with Crippen LogP contribution < -0.4 is 5.32 Å². The monoisotopic (exact) mass is 241 g/mol. The van der Waals surface area contributed by atoms with E-state index in [0.29, 0.717) is 12.3 Å². The molecule has 90 valence electrons. The Labute approximate surface area is 101 Å². The number of anilines is 1. The molecule has 0 aliphatic rings. The van der Waals surface area contributed by atoms with Gasteiger partial charge in [-0.05, 0) is 27.0 Å². The Bertz CT molecular complexity index is 335. The molecule has 0 radical (unpaired) electrons. The van der Waals surface area contributed by atoms with E-state index in [-0.39, 0.29) is 0 Å². The van der Waals surface area contributed by atoms with Crippen molar-refractivity contribution < 1.29 is 5.11 Å². The molecule has 1 aromatic heterocycles. The second-order valence-electron chi connectivity index (χ2n) is 4.23. The summed E-state index contributed by atoms with van der Waals surface area (Å²) >= 11 is 1.63. The van der Waals surface area contributed by atoms with Crippen LogP contribution in [-0.2, 0) is 0 Å². The predicted molar refractivity (Wildman–Crippen MR) is 69.0 cm³/mol. The predicted octanol–water partition coefficient (Wildman–Crippen LogP) is 1.62. The number of rotatable bonds is 5. The lowest BCUT2D eigenvalue weighted by Gasteiger charge is -2.22. The molecule has 1 unspecified atom stereocenters. The number of aliphatic hydroxyl groups is 1. The summed E-state index contributed by atoms with van der Waals surface area (Å²) in [6.07, 6.45) is 1.98. The van der Waals surface area contributed by atoms with Crippen molar-refractivity contribution in [2.75, 3.05) is 23.9 Å². The molecule has 0 amide bonds. The summed E-state index contributed by atoms with van der Waals surface area (Å²) in [5, 5.41) is 13.1. The second-order valence-corrected chi connectivity index (χ2v) is 5.09. The molecule has 1 aromatic rings. The third-order valence-electron chi connectivity index (χ3n) is 2.07. The minimum absolute atomic E-state index is 0.490. The van der Waals surface area contributed by atoms with Gasteiger partial charge in [0.1, 0.15) is 11.6 Å². The number of nitrogens with one attached hydrogen (secondary N) is 1. The average Bonchev–Trinajstić information content (AvgIpc) is 2.13. The van der Waals surface area contributed by atoms with Crippen LogP contribution in [0.15, 0.2) is 6.07 Å². The number of hydrogen-bond donors (Lipinski definition) is 2. The number of thioether (sulfide) groups is 1. The van der Waals surface area contributed by atoms with Gasteiger partial charge >= 0.3 is 0 Å². The van der Waals surface area contributed by atoms with Gasteiger partial charge in [-0.15, -0.1) is 0 Å². The van der Waals surface area contributed by atoms with Crippen molar-refractivity contribution in [3.05, 3.63) is 17.6 Å². The quantitative estimate of drug-likeness (QED) is 0.820. The maximum absolute atomic E-state index is 9.99. The molecular formula is C11H19N3OS. The fourth-order valence-corrected chi connectivity index (χ4v) is 2.17. The van der Waals surface area contributed by atoms with Gasteiger partial charge in [-0.25, -0.2) is 9.97 Å². The molecule has 1 heterocycles. The van der Waals surface area contributed by atoms with Gasteiger partial charge in [-0.3, -0.25) is 0 Å². The first-order valence-electron chi connectivity index (χ1n) is 5.20. The Kier molecular flexibility index (Phi) is 4.56. The van der Waals surface area contributed by atoms with E-state index < -0.39 is 5.60 Å². The highest BCUT2D eigenvalue weighted by atomic mass is 32.2. The third kappa shape index (κ3) is 4.37. The van der Waals surface area contributed by atoms with Crippen LogP contribution in [-0.4, -0.2) is 39.2 Å². The Morgan fingerprint density at radius 2 is 2.12 bits per heavy atom. The Morgan fingerprint density at radius 1 is 1.44 bits per heavy atom. The van der Waals surface area contributed by atoms with E-state index in [1.807, 2.05) is 33.1 Å². The lowest BCUT2D eigenvalue weighted by Crippen LogP contribution is -2.36. The van der Waals surface area contributed by atoms with E-state index in [0.717, 1.165) is 17.3 Å². The molecule has 0 aromatic carbocycles. The first-order chi connectivity index (χ1) is 7.43. The summed E-state index contributed by atoms with van der Waals surface area (Å²) < 4.78 is 0. The molecule has 0 aliphatic heterocycles.